The monoisotopic (exact) mass is 383 g/mol. The van der Waals surface area contributed by atoms with Crippen molar-refractivity contribution in [3.8, 4) is 0 Å². The fourth-order valence-corrected chi connectivity index (χ4v) is 4.25. The minimum Gasteiger partial charge on any atom is -0.457 e. The van der Waals surface area contributed by atoms with Gasteiger partial charge in [-0.3, -0.25) is 4.79 Å². The Hall–Kier alpha value is -1.26. The van der Waals surface area contributed by atoms with Gasteiger partial charge in [0.05, 0.1) is 12.0 Å². The van der Waals surface area contributed by atoms with Crippen LogP contribution < -0.4 is 0 Å². The molecule has 158 valence electrons. The average molecular weight is 384 g/mol. The molecule has 27 heavy (non-hydrogen) atoms. The molecule has 1 fully saturated rings. The lowest BCUT2D eigenvalue weighted by Crippen LogP contribution is -2.52. The summed E-state index contributed by atoms with van der Waals surface area (Å²) < 4.78 is 12.0. The Kier molecular flexibility index (Phi) is 7.40. The van der Waals surface area contributed by atoms with E-state index < -0.39 is 16.6 Å². The maximum Gasteiger partial charge on any atom is 0.410 e. The lowest BCUT2D eigenvalue weighted by Gasteiger charge is -2.44. The van der Waals surface area contributed by atoms with Crippen molar-refractivity contribution in [2.45, 2.75) is 93.3 Å². The summed E-state index contributed by atoms with van der Waals surface area (Å²) in [4.78, 5) is 27.1. The Labute approximate surface area is 166 Å². The first kappa shape index (κ1) is 23.8. The maximum absolute atomic E-state index is 13.0. The third-order valence-corrected chi connectivity index (χ3v) is 6.44. The summed E-state index contributed by atoms with van der Waals surface area (Å²) in [5, 5.41) is 0. The standard InChI is InChI=1S/C22H41NO4/c1-11-20(8,9)18(24)26-21(10)12-13-23(14-21)19(25)27-22(15(2)3,16(4)5)17(6)7/h15-17H,11-14H2,1-10H3. The van der Waals surface area contributed by atoms with Crippen molar-refractivity contribution in [3.63, 3.8) is 0 Å². The van der Waals surface area contributed by atoms with Crippen LogP contribution in [0.1, 0.15) is 82.1 Å². The van der Waals surface area contributed by atoms with E-state index >= 15 is 0 Å². The second-order valence-corrected chi connectivity index (χ2v) is 9.93. The quantitative estimate of drug-likeness (QED) is 0.562. The SMILES string of the molecule is CCC(C)(C)C(=O)OC1(C)CCN(C(=O)OC(C(C)C)(C(C)C)C(C)C)C1. The van der Waals surface area contributed by atoms with E-state index in [4.69, 9.17) is 9.47 Å². The molecule has 5 nitrogen and oxygen atoms in total. The molecular formula is C22H41NO4. The molecule has 1 rings (SSSR count). The van der Waals surface area contributed by atoms with Gasteiger partial charge in [-0.25, -0.2) is 4.79 Å². The lowest BCUT2D eigenvalue weighted by atomic mass is 9.72. The number of carbonyl (C=O) groups is 2. The van der Waals surface area contributed by atoms with Crippen LogP contribution in [-0.2, 0) is 14.3 Å². The molecule has 0 N–H and O–H groups in total. The van der Waals surface area contributed by atoms with Crippen LogP contribution in [0.5, 0.6) is 0 Å². The van der Waals surface area contributed by atoms with E-state index in [0.29, 0.717) is 25.9 Å². The summed E-state index contributed by atoms with van der Waals surface area (Å²) in [6.07, 6.45) is 1.04. The van der Waals surface area contributed by atoms with Gasteiger partial charge in [0.15, 0.2) is 0 Å². The molecule has 0 radical (unpaired) electrons. The number of likely N-dealkylation sites (tertiary alicyclic amines) is 1. The number of esters is 1. The Balaban J connectivity index is 2.88. The minimum absolute atomic E-state index is 0.205. The topological polar surface area (TPSA) is 55.8 Å². The molecule has 1 unspecified atom stereocenters. The molecule has 0 aromatic carbocycles. The summed E-state index contributed by atoms with van der Waals surface area (Å²) in [6, 6.07) is 0. The lowest BCUT2D eigenvalue weighted by molar-refractivity contribution is -0.168. The largest absolute Gasteiger partial charge is 0.457 e. The van der Waals surface area contributed by atoms with Gasteiger partial charge in [0.25, 0.3) is 0 Å². The molecule has 0 bridgehead atoms. The van der Waals surface area contributed by atoms with E-state index in [1.165, 1.54) is 0 Å². The first-order chi connectivity index (χ1) is 12.2. The van der Waals surface area contributed by atoms with Crippen molar-refractivity contribution in [1.82, 2.24) is 4.90 Å². The first-order valence-electron chi connectivity index (χ1n) is 10.4. The van der Waals surface area contributed by atoms with E-state index in [1.807, 2.05) is 27.7 Å². The first-order valence-corrected chi connectivity index (χ1v) is 10.4. The van der Waals surface area contributed by atoms with Gasteiger partial charge in [0.1, 0.15) is 11.2 Å². The molecule has 1 aliphatic rings. The number of hydrogen-bond acceptors (Lipinski definition) is 4. The predicted octanol–water partition coefficient (Wildman–Crippen LogP) is 5.27. The molecule has 5 heteroatoms. The van der Waals surface area contributed by atoms with E-state index in [0.717, 1.165) is 0 Å². The van der Waals surface area contributed by atoms with Crippen LogP contribution in [0.2, 0.25) is 0 Å². The molecule has 0 aromatic heterocycles. The highest BCUT2D eigenvalue weighted by atomic mass is 16.6. The highest BCUT2D eigenvalue weighted by Gasteiger charge is 2.47. The van der Waals surface area contributed by atoms with E-state index in [-0.39, 0.29) is 29.8 Å². The van der Waals surface area contributed by atoms with Crippen LogP contribution in [0.25, 0.3) is 0 Å². The highest BCUT2D eigenvalue weighted by molar-refractivity contribution is 5.76. The van der Waals surface area contributed by atoms with Crippen LogP contribution in [-0.4, -0.2) is 41.3 Å². The van der Waals surface area contributed by atoms with Gasteiger partial charge in [-0.05, 0) is 44.9 Å². The number of ether oxygens (including phenoxy) is 2. The minimum atomic E-state index is -0.654. The van der Waals surface area contributed by atoms with Gasteiger partial charge in [-0.15, -0.1) is 0 Å². The number of amides is 1. The van der Waals surface area contributed by atoms with Crippen LogP contribution >= 0.6 is 0 Å². The fourth-order valence-electron chi connectivity index (χ4n) is 4.25. The Bertz CT molecular complexity index is 517. The van der Waals surface area contributed by atoms with Crippen molar-refractivity contribution < 1.29 is 19.1 Å². The third-order valence-electron chi connectivity index (χ3n) is 6.44. The molecule has 0 aliphatic carbocycles. The molecule has 0 aromatic rings. The second-order valence-electron chi connectivity index (χ2n) is 9.93. The van der Waals surface area contributed by atoms with Gasteiger partial charge in [0.2, 0.25) is 0 Å². The summed E-state index contributed by atoms with van der Waals surface area (Å²) >= 11 is 0. The van der Waals surface area contributed by atoms with Gasteiger partial charge in [-0.1, -0.05) is 48.5 Å². The van der Waals surface area contributed by atoms with Crippen LogP contribution in [0.4, 0.5) is 4.79 Å². The van der Waals surface area contributed by atoms with Crippen molar-refractivity contribution >= 4 is 12.1 Å². The number of rotatable bonds is 7. The number of nitrogens with zero attached hydrogens (tertiary/aromatic N) is 1. The van der Waals surface area contributed by atoms with Gasteiger partial charge < -0.3 is 14.4 Å². The number of carbonyl (C=O) groups excluding carboxylic acids is 2. The smallest absolute Gasteiger partial charge is 0.410 e. The molecular weight excluding hydrogens is 342 g/mol. The van der Waals surface area contributed by atoms with Crippen LogP contribution in [0, 0.1) is 23.2 Å². The summed E-state index contributed by atoms with van der Waals surface area (Å²) in [7, 11) is 0. The van der Waals surface area contributed by atoms with Gasteiger partial charge in [-0.2, -0.15) is 0 Å². The normalized spacial score (nSPS) is 21.3. The molecule has 1 aliphatic heterocycles. The van der Waals surface area contributed by atoms with Crippen molar-refractivity contribution in [1.29, 1.82) is 0 Å². The van der Waals surface area contributed by atoms with Crippen LogP contribution in [0.3, 0.4) is 0 Å². The van der Waals surface area contributed by atoms with Crippen molar-refractivity contribution in [3.05, 3.63) is 0 Å². The Morgan fingerprint density at radius 2 is 1.52 bits per heavy atom. The zero-order valence-corrected chi connectivity index (χ0v) is 19.1. The van der Waals surface area contributed by atoms with Gasteiger partial charge >= 0.3 is 12.1 Å². The molecule has 1 saturated heterocycles. The van der Waals surface area contributed by atoms with Crippen LogP contribution in [0.15, 0.2) is 0 Å². The summed E-state index contributed by atoms with van der Waals surface area (Å²) in [5.41, 5.74) is -1.69. The van der Waals surface area contributed by atoms with Crippen molar-refractivity contribution in [2.75, 3.05) is 13.1 Å². The Morgan fingerprint density at radius 1 is 1.04 bits per heavy atom. The second kappa shape index (κ2) is 8.40. The zero-order valence-electron chi connectivity index (χ0n) is 19.1. The highest BCUT2D eigenvalue weighted by Crippen LogP contribution is 2.39. The molecule has 1 amide bonds. The summed E-state index contributed by atoms with van der Waals surface area (Å²) in [5.74, 6) is 0.416. The molecule has 0 spiro atoms. The number of hydrogen-bond donors (Lipinski definition) is 0. The molecule has 1 atom stereocenters. The van der Waals surface area contributed by atoms with Gasteiger partial charge in [0, 0.05) is 13.0 Å². The summed E-state index contributed by atoms with van der Waals surface area (Å²) in [6.45, 7) is 21.2. The van der Waals surface area contributed by atoms with E-state index in [9.17, 15) is 9.59 Å². The zero-order chi connectivity index (χ0) is 21.2. The average Bonchev–Trinajstić information content (AvgIpc) is 2.93. The molecule has 1 heterocycles. The Morgan fingerprint density at radius 3 is 1.93 bits per heavy atom. The predicted molar refractivity (Wildman–Crippen MR) is 108 cm³/mol. The van der Waals surface area contributed by atoms with E-state index in [1.54, 1.807) is 4.90 Å². The van der Waals surface area contributed by atoms with E-state index in [2.05, 4.69) is 41.5 Å². The third kappa shape index (κ3) is 4.97. The maximum atomic E-state index is 13.0. The fraction of sp³-hybridized carbons (Fsp3) is 0.909. The van der Waals surface area contributed by atoms with Crippen molar-refractivity contribution in [2.24, 2.45) is 23.2 Å². The molecule has 0 saturated carbocycles.